The highest BCUT2D eigenvalue weighted by molar-refractivity contribution is 8.00. The Morgan fingerprint density at radius 2 is 1.60 bits per heavy atom. The molecule has 9 heterocycles. The first kappa shape index (κ1) is 33.5. The van der Waals surface area contributed by atoms with Crippen LogP contribution in [0.2, 0.25) is 5.02 Å². The number of aromatic nitrogens is 4. The van der Waals surface area contributed by atoms with Gasteiger partial charge in [0.15, 0.2) is 47.1 Å². The quantitative estimate of drug-likeness (QED) is 0.239. The minimum absolute atomic E-state index is 0.0933. The molecule has 0 saturated heterocycles. The van der Waals surface area contributed by atoms with Crippen molar-refractivity contribution < 1.29 is 38.1 Å². The second-order valence-corrected chi connectivity index (χ2v) is 14.9. The summed E-state index contributed by atoms with van der Waals surface area (Å²) >= 11 is 9.06. The third-order valence-corrected chi connectivity index (χ3v) is 11.3. The van der Waals surface area contributed by atoms with Crippen LogP contribution in [0.1, 0.15) is 11.8 Å². The lowest BCUT2D eigenvalue weighted by Crippen LogP contribution is -2.40. The van der Waals surface area contributed by atoms with Crippen LogP contribution in [0.15, 0.2) is 70.6 Å². The van der Waals surface area contributed by atoms with Crippen LogP contribution in [0.25, 0.3) is 11.3 Å². The van der Waals surface area contributed by atoms with Gasteiger partial charge in [-0.05, 0) is 36.4 Å². The van der Waals surface area contributed by atoms with Crippen molar-refractivity contribution in [1.82, 2.24) is 19.9 Å². The van der Waals surface area contributed by atoms with Crippen LogP contribution >= 0.6 is 35.1 Å². The van der Waals surface area contributed by atoms with Gasteiger partial charge in [0.25, 0.3) is 11.8 Å². The summed E-state index contributed by atoms with van der Waals surface area (Å²) in [5, 5.41) is 5.83. The van der Waals surface area contributed by atoms with Crippen molar-refractivity contribution in [3.8, 4) is 34.3 Å². The van der Waals surface area contributed by atoms with E-state index < -0.39 is 17.9 Å². The zero-order valence-corrected chi connectivity index (χ0v) is 30.4. The van der Waals surface area contributed by atoms with Gasteiger partial charge in [-0.25, -0.2) is 29.7 Å². The van der Waals surface area contributed by atoms with Gasteiger partial charge in [0.05, 0.1) is 32.8 Å². The van der Waals surface area contributed by atoms with E-state index in [-0.39, 0.29) is 76.3 Å². The molecule has 1 aromatic carbocycles. The highest BCUT2D eigenvalue weighted by atomic mass is 35.5. The molecule has 2 N–H and O–H groups in total. The lowest BCUT2D eigenvalue weighted by atomic mass is 10.1. The largest absolute Gasteiger partial charge is 0.486 e. The van der Waals surface area contributed by atoms with E-state index in [0.29, 0.717) is 51.4 Å². The second kappa shape index (κ2) is 13.0. The molecule has 1 atom stereocenters. The SMILES string of the molecule is O=C1CSc2ccc(-c3nc(N4C(=O)CSc5ccc(C6Oc7cc(Cl)cnc7N(c7ccc8c(n7)NC(=O)CO8)C6=O)nc54)cc4c3OCCO4)cc2N1. The zero-order chi connectivity index (χ0) is 37.4. The smallest absolute Gasteiger partial charge is 0.281 e. The van der Waals surface area contributed by atoms with Gasteiger partial charge in [0.2, 0.25) is 17.9 Å². The molecule has 5 aliphatic heterocycles. The van der Waals surface area contributed by atoms with Crippen LogP contribution in [0.3, 0.4) is 0 Å². The number of nitrogens with zero attached hydrogens (tertiary/aromatic N) is 6. The van der Waals surface area contributed by atoms with Crippen molar-refractivity contribution in [1.29, 1.82) is 0 Å². The molecule has 4 aromatic heterocycles. The van der Waals surface area contributed by atoms with Crippen molar-refractivity contribution in [3.05, 3.63) is 71.5 Å². The molecular weight excluding hydrogens is 772 g/mol. The van der Waals surface area contributed by atoms with Crippen molar-refractivity contribution in [3.63, 3.8) is 0 Å². The molecule has 5 aromatic rings. The number of benzene rings is 1. The fraction of sp³-hybridized carbons (Fsp3) is 0.167. The Hall–Kier alpha value is -6.11. The van der Waals surface area contributed by atoms with Crippen LogP contribution in [-0.4, -0.2) is 74.9 Å². The van der Waals surface area contributed by atoms with Crippen LogP contribution in [-0.2, 0) is 19.2 Å². The fourth-order valence-electron chi connectivity index (χ4n) is 6.56. The van der Waals surface area contributed by atoms with Gasteiger partial charge in [-0.3, -0.25) is 19.2 Å². The van der Waals surface area contributed by atoms with E-state index in [9.17, 15) is 19.2 Å². The number of nitrogens with one attached hydrogen (secondary N) is 2. The number of carbonyl (C=O) groups is 4. The summed E-state index contributed by atoms with van der Waals surface area (Å²) in [5.41, 5.74) is 1.87. The number of amides is 4. The minimum atomic E-state index is -1.34. The summed E-state index contributed by atoms with van der Waals surface area (Å²) in [6.45, 7) is 0.421. The number of rotatable bonds is 4. The van der Waals surface area contributed by atoms with Gasteiger partial charge in [-0.1, -0.05) is 17.7 Å². The Labute approximate surface area is 323 Å². The summed E-state index contributed by atoms with van der Waals surface area (Å²) < 4.78 is 23.7. The Bertz CT molecular complexity index is 2540. The zero-order valence-electron chi connectivity index (χ0n) is 28.0. The van der Waals surface area contributed by atoms with Crippen LogP contribution < -0.4 is 39.4 Å². The maximum Gasteiger partial charge on any atom is 0.281 e. The van der Waals surface area contributed by atoms with E-state index >= 15 is 0 Å². The van der Waals surface area contributed by atoms with Gasteiger partial charge in [0.1, 0.15) is 30.5 Å². The number of hydrogen-bond donors (Lipinski definition) is 2. The molecule has 0 radical (unpaired) electrons. The third kappa shape index (κ3) is 5.80. The fourth-order valence-corrected chi connectivity index (χ4v) is 8.34. The molecule has 5 aliphatic rings. The van der Waals surface area contributed by atoms with E-state index in [2.05, 4.69) is 20.6 Å². The van der Waals surface area contributed by atoms with Gasteiger partial charge < -0.3 is 29.6 Å². The van der Waals surface area contributed by atoms with Crippen molar-refractivity contribution >= 4 is 93.5 Å². The second-order valence-electron chi connectivity index (χ2n) is 12.5. The highest BCUT2D eigenvalue weighted by Crippen LogP contribution is 2.48. The number of hydrogen-bond acceptors (Lipinski definition) is 14. The number of thioether (sulfide) groups is 2. The molecule has 4 amide bonds. The van der Waals surface area contributed by atoms with Gasteiger partial charge in [-0.15, -0.1) is 23.5 Å². The molecule has 0 bridgehead atoms. The van der Waals surface area contributed by atoms with E-state index in [1.165, 1.54) is 45.6 Å². The normalized spacial score (nSPS) is 18.2. The molecule has 16 nitrogen and oxygen atoms in total. The van der Waals surface area contributed by atoms with Crippen LogP contribution in [0.4, 0.5) is 34.8 Å². The molecular formula is C36H23ClN8O8S2. The number of pyridine rings is 4. The Balaban J connectivity index is 1.06. The lowest BCUT2D eigenvalue weighted by Gasteiger charge is -2.34. The number of ether oxygens (including phenoxy) is 4. The van der Waals surface area contributed by atoms with E-state index in [1.54, 1.807) is 30.3 Å². The Morgan fingerprint density at radius 3 is 2.51 bits per heavy atom. The third-order valence-electron chi connectivity index (χ3n) is 8.96. The Kier molecular flexibility index (Phi) is 7.93. The summed E-state index contributed by atoms with van der Waals surface area (Å²) in [5.74, 6) is 1.16. The molecule has 55 heavy (non-hydrogen) atoms. The number of anilines is 6. The molecule has 0 aliphatic carbocycles. The highest BCUT2D eigenvalue weighted by Gasteiger charge is 2.41. The number of halogens is 1. The number of fused-ring (bicyclic) bond motifs is 5. The van der Waals surface area contributed by atoms with E-state index in [4.69, 9.17) is 40.5 Å². The first-order chi connectivity index (χ1) is 26.8. The summed E-state index contributed by atoms with van der Waals surface area (Å²) in [6.07, 6.45) is 0.0391. The number of carbonyl (C=O) groups excluding carboxylic acids is 4. The average molecular weight is 795 g/mol. The van der Waals surface area contributed by atoms with Gasteiger partial charge in [-0.2, -0.15) is 0 Å². The van der Waals surface area contributed by atoms with Crippen LogP contribution in [0, 0.1) is 0 Å². The predicted molar refractivity (Wildman–Crippen MR) is 200 cm³/mol. The van der Waals surface area contributed by atoms with Crippen molar-refractivity contribution in [2.45, 2.75) is 15.9 Å². The molecule has 1 unspecified atom stereocenters. The van der Waals surface area contributed by atoms with E-state index in [0.717, 1.165) is 4.90 Å². The maximum absolute atomic E-state index is 14.4. The predicted octanol–water partition coefficient (Wildman–Crippen LogP) is 5.30. The van der Waals surface area contributed by atoms with Crippen LogP contribution in [0.5, 0.6) is 23.0 Å². The van der Waals surface area contributed by atoms with Gasteiger partial charge in [0, 0.05) is 28.8 Å². The van der Waals surface area contributed by atoms with E-state index in [1.807, 2.05) is 18.2 Å². The first-order valence-electron chi connectivity index (χ1n) is 16.7. The Morgan fingerprint density at radius 1 is 0.745 bits per heavy atom. The molecule has 274 valence electrons. The molecule has 19 heteroatoms. The summed E-state index contributed by atoms with van der Waals surface area (Å²) in [6, 6.07) is 15.3. The summed E-state index contributed by atoms with van der Waals surface area (Å²) in [7, 11) is 0. The molecule has 10 rings (SSSR count). The molecule has 0 spiro atoms. The van der Waals surface area contributed by atoms with Crippen molar-refractivity contribution in [2.24, 2.45) is 0 Å². The molecule has 0 fully saturated rings. The first-order valence-corrected chi connectivity index (χ1v) is 19.1. The lowest BCUT2D eigenvalue weighted by molar-refractivity contribution is -0.126. The average Bonchev–Trinajstić information content (AvgIpc) is 3.19. The summed E-state index contributed by atoms with van der Waals surface area (Å²) in [4.78, 5) is 75.5. The maximum atomic E-state index is 14.4. The topological polar surface area (TPSA) is 187 Å². The van der Waals surface area contributed by atoms with Crippen molar-refractivity contribution in [2.75, 3.05) is 51.8 Å². The molecule has 0 saturated carbocycles. The monoisotopic (exact) mass is 794 g/mol. The van der Waals surface area contributed by atoms with Gasteiger partial charge >= 0.3 is 0 Å². The minimum Gasteiger partial charge on any atom is -0.486 e. The standard InChI is InChI=1S/C36H23ClN8O8S2/c37-17-10-22-34(38-12-17)45(25-6-3-20-33(42-25)43-27(46)13-52-20)36(49)31(53-22)18-2-5-24-35(40-18)44(29(48)15-55-24)26-11-21-32(51-8-7-50-21)30(41-26)16-1-4-23-19(9-16)39-28(47)14-54-23/h1-6,9-12,31H,7-8,13-15H2,(H,39,47)(H,42,43,46).